The highest BCUT2D eigenvalue weighted by Gasteiger charge is 2.65. The third kappa shape index (κ3) is 3.48. The van der Waals surface area contributed by atoms with Gasteiger partial charge >= 0.3 is 0 Å². The molecule has 1 saturated carbocycles. The number of aromatic nitrogens is 1. The zero-order valence-corrected chi connectivity index (χ0v) is 19.7. The molecule has 34 heavy (non-hydrogen) atoms. The summed E-state index contributed by atoms with van der Waals surface area (Å²) in [5, 5.41) is 14.0. The lowest BCUT2D eigenvalue weighted by molar-refractivity contribution is -0.138. The van der Waals surface area contributed by atoms with Crippen molar-refractivity contribution in [2.45, 2.75) is 43.2 Å². The van der Waals surface area contributed by atoms with E-state index in [2.05, 4.69) is 39.7 Å². The number of likely N-dealkylation sites (tertiary alicyclic amines) is 1. The second-order valence-corrected chi connectivity index (χ2v) is 9.75. The first-order valence-electron chi connectivity index (χ1n) is 11.4. The lowest BCUT2D eigenvalue weighted by atomic mass is 9.52. The van der Waals surface area contributed by atoms with Crippen LogP contribution >= 0.6 is 12.2 Å². The van der Waals surface area contributed by atoms with Crippen molar-refractivity contribution in [2.24, 2.45) is 16.8 Å². The highest BCUT2D eigenvalue weighted by atomic mass is 32.1. The van der Waals surface area contributed by atoms with Crippen LogP contribution in [0.1, 0.15) is 36.1 Å². The van der Waals surface area contributed by atoms with E-state index in [9.17, 15) is 9.90 Å². The Morgan fingerprint density at radius 3 is 3.03 bits per heavy atom. The van der Waals surface area contributed by atoms with Crippen LogP contribution in [0.3, 0.4) is 0 Å². The Bertz CT molecular complexity index is 1190. The van der Waals surface area contributed by atoms with E-state index in [4.69, 9.17) is 16.2 Å². The Kier molecular flexibility index (Phi) is 5.65. The van der Waals surface area contributed by atoms with Gasteiger partial charge in [-0.05, 0) is 74.8 Å². The highest BCUT2D eigenvalue weighted by Crippen LogP contribution is 2.62. The van der Waals surface area contributed by atoms with Crippen molar-refractivity contribution in [3.8, 4) is 11.5 Å². The number of thiocarbonyl (C=S) groups is 1. The van der Waals surface area contributed by atoms with Crippen molar-refractivity contribution in [3.63, 3.8) is 0 Å². The van der Waals surface area contributed by atoms with Gasteiger partial charge in [0.2, 0.25) is 0 Å². The second kappa shape index (κ2) is 8.52. The minimum absolute atomic E-state index is 0.103. The molecule has 2 aliphatic carbocycles. The van der Waals surface area contributed by atoms with Crippen molar-refractivity contribution in [3.05, 3.63) is 47.3 Å². The van der Waals surface area contributed by atoms with Crippen LogP contribution in [0, 0.1) is 5.92 Å². The number of piperidine rings is 1. The Morgan fingerprint density at radius 1 is 1.44 bits per heavy atom. The van der Waals surface area contributed by atoms with Crippen molar-refractivity contribution in [1.29, 1.82) is 0 Å². The number of phenols is 1. The van der Waals surface area contributed by atoms with Gasteiger partial charge in [0.25, 0.3) is 0 Å². The van der Waals surface area contributed by atoms with Crippen molar-refractivity contribution in [1.82, 2.24) is 15.3 Å². The summed E-state index contributed by atoms with van der Waals surface area (Å²) < 4.78 is 6.04. The van der Waals surface area contributed by atoms with Crippen molar-refractivity contribution in [2.75, 3.05) is 19.3 Å². The van der Waals surface area contributed by atoms with Gasteiger partial charge in [-0.3, -0.25) is 15.2 Å². The van der Waals surface area contributed by atoms with Crippen molar-refractivity contribution >= 4 is 35.0 Å². The maximum Gasteiger partial charge on any atom is 0.184 e. The number of aromatic hydroxyl groups is 1. The highest BCUT2D eigenvalue weighted by molar-refractivity contribution is 7.80. The van der Waals surface area contributed by atoms with Crippen LogP contribution < -0.4 is 21.6 Å². The molecule has 0 radical (unpaired) electrons. The summed E-state index contributed by atoms with van der Waals surface area (Å²) in [6, 6.07) is 7.73. The molecule has 10 heteroatoms. The number of benzene rings is 1. The van der Waals surface area contributed by atoms with Crippen LogP contribution in [0.4, 0.5) is 5.69 Å². The van der Waals surface area contributed by atoms with E-state index in [0.717, 1.165) is 31.4 Å². The number of Topliss-reactive ketones (excluding diaryl/α,β-unsaturated/α-hetero) is 1. The molecular weight excluding hydrogens is 452 g/mol. The number of ketones is 1. The van der Waals surface area contributed by atoms with Crippen LogP contribution in [0.15, 0.2) is 35.6 Å². The number of rotatable bonds is 2. The first-order valence-corrected chi connectivity index (χ1v) is 11.8. The largest absolute Gasteiger partial charge is 0.504 e. The first kappa shape index (κ1) is 22.5. The molecule has 0 amide bonds. The molecule has 2 bridgehead atoms. The van der Waals surface area contributed by atoms with E-state index in [1.807, 2.05) is 6.07 Å². The topological polar surface area (TPSA) is 139 Å². The number of nitrogens with one attached hydrogen (secondary N) is 1. The minimum Gasteiger partial charge on any atom is -0.504 e. The molecule has 2 fully saturated rings. The average molecular weight is 481 g/mol. The molecule has 2 aromatic rings. The van der Waals surface area contributed by atoms with Crippen LogP contribution in [0.25, 0.3) is 0 Å². The van der Waals surface area contributed by atoms with Gasteiger partial charge in [-0.25, -0.2) is 0 Å². The average Bonchev–Trinajstić information content (AvgIpc) is 3.17. The fourth-order valence-electron chi connectivity index (χ4n) is 6.22. The number of phenolic OH excluding ortho intramolecular Hbond substituents is 1. The molecule has 4 aliphatic rings. The monoisotopic (exact) mass is 480 g/mol. The summed E-state index contributed by atoms with van der Waals surface area (Å²) in [6.07, 6.45) is 6.26. The van der Waals surface area contributed by atoms with E-state index in [1.165, 1.54) is 11.8 Å². The number of carbonyl (C=O) groups excluding carboxylic acids is 1. The smallest absolute Gasteiger partial charge is 0.184 e. The fraction of sp³-hybridized carbons (Fsp3) is 0.417. The molecule has 3 heterocycles. The standard InChI is InChI=1S/C17H19NO3.C7H9N5S/c1-18-7-6-17-10-3-5-13(20)16(17)21-15-12(19)4-2-9(14(15)17)8-11(10)18;8-5-2-1-3-10-6(5)4-11-12-7(9)13/h2,4,10-11,16,19H,3,5-8H2,1H3;1-4H,8H2,(H3,9,12,13)/b;11-4+/t10-,11+,16-,17-;/m0./s1. The first-order chi connectivity index (χ1) is 16.3. The third-order valence-electron chi connectivity index (χ3n) is 7.62. The summed E-state index contributed by atoms with van der Waals surface area (Å²) in [5.74, 6) is 1.50. The summed E-state index contributed by atoms with van der Waals surface area (Å²) >= 11 is 4.55. The number of hydrazone groups is 1. The minimum atomic E-state index is -0.366. The number of anilines is 1. The van der Waals surface area contributed by atoms with Gasteiger partial charge in [-0.2, -0.15) is 5.10 Å². The van der Waals surface area contributed by atoms with E-state index in [-0.39, 0.29) is 28.2 Å². The molecule has 2 aliphatic heterocycles. The molecule has 9 nitrogen and oxygen atoms in total. The number of hydrogen-bond acceptors (Lipinski definition) is 8. The number of nitrogens with two attached hydrogens (primary N) is 2. The van der Waals surface area contributed by atoms with Gasteiger partial charge in [-0.1, -0.05) is 6.07 Å². The second-order valence-electron chi connectivity index (χ2n) is 9.31. The van der Waals surface area contributed by atoms with Gasteiger partial charge in [0.15, 0.2) is 28.5 Å². The Labute approximate surface area is 203 Å². The molecule has 4 atom stereocenters. The van der Waals surface area contributed by atoms with Gasteiger partial charge in [0.1, 0.15) is 5.69 Å². The number of likely N-dealkylation sites (N-methyl/N-ethyl adjacent to an activating group) is 1. The van der Waals surface area contributed by atoms with Crippen LogP contribution in [0.5, 0.6) is 11.5 Å². The maximum atomic E-state index is 12.5. The number of nitrogens with zero attached hydrogens (tertiary/aromatic N) is 3. The van der Waals surface area contributed by atoms with Crippen LogP contribution in [-0.4, -0.2) is 57.8 Å². The number of ether oxygens (including phenoxy) is 1. The van der Waals surface area contributed by atoms with E-state index in [0.29, 0.717) is 35.5 Å². The number of nitrogen functional groups attached to an aromatic ring is 1. The molecule has 178 valence electrons. The summed E-state index contributed by atoms with van der Waals surface area (Å²) in [6.45, 7) is 1.00. The lowest BCUT2D eigenvalue weighted by Gasteiger charge is -2.57. The SMILES string of the molecule is CN1CC[C@]23c4c5ccc(O)c4O[C@H]2C(=O)CC[C@H]3[C@H]1C5.NC(=S)N/N=C/c1ncccc1N. The Hall–Kier alpha value is -3.24. The normalized spacial score (nSPS) is 28.5. The molecule has 6 N–H and O–H groups in total. The number of hydrogen-bond donors (Lipinski definition) is 4. The molecule has 1 aromatic heterocycles. The van der Waals surface area contributed by atoms with Gasteiger partial charge in [0.05, 0.1) is 11.9 Å². The summed E-state index contributed by atoms with van der Waals surface area (Å²) in [5.41, 5.74) is 16.5. The van der Waals surface area contributed by atoms with Crippen LogP contribution in [0.2, 0.25) is 0 Å². The lowest BCUT2D eigenvalue weighted by Crippen LogP contribution is -2.65. The van der Waals surface area contributed by atoms with Gasteiger partial charge < -0.3 is 26.2 Å². The predicted molar refractivity (Wildman–Crippen MR) is 133 cm³/mol. The van der Waals surface area contributed by atoms with Crippen molar-refractivity contribution < 1.29 is 14.6 Å². The summed E-state index contributed by atoms with van der Waals surface area (Å²) in [7, 11) is 2.20. The molecular formula is C24H28N6O3S. The molecule has 0 unspecified atom stereocenters. The molecule has 1 aromatic carbocycles. The fourth-order valence-corrected chi connectivity index (χ4v) is 6.27. The van der Waals surface area contributed by atoms with Gasteiger partial charge in [-0.15, -0.1) is 0 Å². The predicted octanol–water partition coefficient (Wildman–Crippen LogP) is 1.46. The number of carbonyl (C=O) groups is 1. The van der Waals surface area contributed by atoms with Crippen LogP contribution in [-0.2, 0) is 16.6 Å². The van der Waals surface area contributed by atoms with Gasteiger partial charge in [0, 0.05) is 29.6 Å². The number of pyridine rings is 1. The maximum absolute atomic E-state index is 12.5. The summed E-state index contributed by atoms with van der Waals surface area (Å²) in [4.78, 5) is 18.9. The molecule has 6 rings (SSSR count). The molecule has 1 spiro atoms. The Balaban J connectivity index is 0.000000161. The zero-order chi connectivity index (χ0) is 24.0. The van der Waals surface area contributed by atoms with E-state index >= 15 is 0 Å². The quantitative estimate of drug-likeness (QED) is 0.286. The van der Waals surface area contributed by atoms with E-state index < -0.39 is 0 Å². The Morgan fingerprint density at radius 2 is 2.26 bits per heavy atom. The van der Waals surface area contributed by atoms with E-state index in [1.54, 1.807) is 24.4 Å². The third-order valence-corrected chi connectivity index (χ3v) is 7.71. The zero-order valence-electron chi connectivity index (χ0n) is 18.9. The molecule has 1 saturated heterocycles.